The molecule has 3 N–H and O–H groups in total. The van der Waals surface area contributed by atoms with Crippen LogP contribution in [0.4, 0.5) is 0 Å². The van der Waals surface area contributed by atoms with E-state index in [1.165, 1.54) is 51.4 Å². The molecule has 2 aromatic rings. The third-order valence-electron chi connectivity index (χ3n) is 6.99. The van der Waals surface area contributed by atoms with Crippen molar-refractivity contribution in [2.45, 2.75) is 116 Å². The second-order valence-corrected chi connectivity index (χ2v) is 12.1. The maximum Gasteiger partial charge on any atom is 0.469 e. The lowest BCUT2D eigenvalue weighted by molar-refractivity contribution is -0.122. The van der Waals surface area contributed by atoms with E-state index in [-0.39, 0.29) is 12.5 Å². The Labute approximate surface area is 252 Å². The molecule has 1 heterocycles. The number of hydrogen-bond acceptors (Lipinski definition) is 5. The van der Waals surface area contributed by atoms with Crippen molar-refractivity contribution in [3.63, 3.8) is 0 Å². The number of ether oxygens (including phenoxy) is 1. The van der Waals surface area contributed by atoms with Crippen LogP contribution in [-0.4, -0.2) is 33.3 Å². The normalized spacial score (nSPS) is 12.5. The van der Waals surface area contributed by atoms with Crippen molar-refractivity contribution in [3.05, 3.63) is 72.1 Å². The lowest BCUT2D eigenvalue weighted by Crippen LogP contribution is -2.39. The summed E-state index contributed by atoms with van der Waals surface area (Å²) in [5.74, 6) is 0.544. The molecule has 1 unspecified atom stereocenters. The molecule has 0 radical (unpaired) electrons. The number of pyridine rings is 1. The highest BCUT2D eigenvalue weighted by Gasteiger charge is 2.20. The molecule has 234 valence electrons. The molecule has 2 rings (SSSR count). The summed E-state index contributed by atoms with van der Waals surface area (Å²) < 4.78 is 21.8. The molecule has 0 aliphatic rings. The van der Waals surface area contributed by atoms with Crippen LogP contribution in [0.5, 0.6) is 5.75 Å². The molecule has 0 bridgehead atoms. The van der Waals surface area contributed by atoms with Gasteiger partial charge in [0.25, 0.3) is 0 Å². The van der Waals surface area contributed by atoms with Gasteiger partial charge < -0.3 is 19.8 Å². The van der Waals surface area contributed by atoms with Gasteiger partial charge in [-0.05, 0) is 68.4 Å². The number of aromatic nitrogens is 1. The molecule has 0 spiro atoms. The van der Waals surface area contributed by atoms with Gasteiger partial charge in [0.2, 0.25) is 5.91 Å². The zero-order chi connectivity index (χ0) is 30.3. The van der Waals surface area contributed by atoms with E-state index in [1.807, 2.05) is 42.5 Å². The van der Waals surface area contributed by atoms with E-state index in [0.29, 0.717) is 25.2 Å². The number of allylic oxidation sites excluding steroid dienone is 2. The van der Waals surface area contributed by atoms with Crippen LogP contribution in [0, 0.1) is 0 Å². The third kappa shape index (κ3) is 18.8. The third-order valence-corrected chi connectivity index (χ3v) is 7.48. The predicted molar refractivity (Wildman–Crippen MR) is 168 cm³/mol. The molecule has 8 nitrogen and oxygen atoms in total. The van der Waals surface area contributed by atoms with E-state index in [9.17, 15) is 9.36 Å². The van der Waals surface area contributed by atoms with Crippen molar-refractivity contribution in [3.8, 4) is 5.75 Å². The Hall–Kier alpha value is -2.51. The first-order valence-corrected chi connectivity index (χ1v) is 17.1. The Morgan fingerprint density at radius 2 is 1.55 bits per heavy atom. The molecule has 1 atom stereocenters. The fourth-order valence-electron chi connectivity index (χ4n) is 4.64. The van der Waals surface area contributed by atoms with Crippen molar-refractivity contribution >= 4 is 13.7 Å². The van der Waals surface area contributed by atoms with Crippen LogP contribution >= 0.6 is 7.82 Å². The summed E-state index contributed by atoms with van der Waals surface area (Å²) in [6.45, 7) is 2.32. The second kappa shape index (κ2) is 22.1. The number of hydrogen-bond donors (Lipinski definition) is 3. The minimum atomic E-state index is -4.65. The SMILES string of the molecule is CCCCCCCC/C=C\CCCCCCCC(=O)NC(COP(=O)(O)O)Cc1ccc(OCc2ccccn2)cc1. The molecule has 9 heteroatoms. The number of carbonyl (C=O) groups is 1. The summed E-state index contributed by atoms with van der Waals surface area (Å²) in [5.41, 5.74) is 1.71. The van der Waals surface area contributed by atoms with Gasteiger partial charge in [-0.3, -0.25) is 14.3 Å². The maximum atomic E-state index is 12.6. The number of nitrogens with zero attached hydrogens (tertiary/aromatic N) is 1. The quantitative estimate of drug-likeness (QED) is 0.0636. The number of nitrogens with one attached hydrogen (secondary N) is 1. The van der Waals surface area contributed by atoms with Crippen molar-refractivity contribution in [2.24, 2.45) is 0 Å². The Bertz CT molecular complexity index is 1040. The number of phosphoric acid groups is 1. The number of rotatable bonds is 24. The van der Waals surface area contributed by atoms with Crippen molar-refractivity contribution in [2.75, 3.05) is 6.61 Å². The fourth-order valence-corrected chi connectivity index (χ4v) is 5.02. The van der Waals surface area contributed by atoms with Gasteiger partial charge in [0.1, 0.15) is 12.4 Å². The van der Waals surface area contributed by atoms with E-state index >= 15 is 0 Å². The Kier molecular flexibility index (Phi) is 18.8. The number of phosphoric ester groups is 1. The summed E-state index contributed by atoms with van der Waals surface area (Å²) in [5, 5.41) is 2.89. The first kappa shape index (κ1) is 35.7. The molecule has 42 heavy (non-hydrogen) atoms. The predicted octanol–water partition coefficient (Wildman–Crippen LogP) is 7.83. The van der Waals surface area contributed by atoms with Crippen molar-refractivity contribution in [1.82, 2.24) is 10.3 Å². The highest BCUT2D eigenvalue weighted by molar-refractivity contribution is 7.46. The average Bonchev–Trinajstić information content (AvgIpc) is 2.97. The standard InChI is InChI=1S/C33H51N2O6P/c1-2-3-4-5-6-7-8-9-10-11-12-13-14-15-16-20-33(36)35-31(28-41-42(37,38)39)26-29-21-23-32(24-22-29)40-27-30-19-17-18-25-34-30/h9-10,17-19,21-25,31H,2-8,11-16,20,26-28H2,1H3,(H,35,36)(H2,37,38,39)/b10-9-. The largest absolute Gasteiger partial charge is 0.487 e. The lowest BCUT2D eigenvalue weighted by atomic mass is 10.1. The van der Waals surface area contributed by atoms with Crippen LogP contribution in [0.3, 0.4) is 0 Å². The van der Waals surface area contributed by atoms with Gasteiger partial charge in [-0.2, -0.15) is 0 Å². The molecule has 1 amide bonds. The first-order valence-electron chi connectivity index (χ1n) is 15.6. The monoisotopic (exact) mass is 602 g/mol. The van der Waals surface area contributed by atoms with Crippen LogP contribution in [0.25, 0.3) is 0 Å². The lowest BCUT2D eigenvalue weighted by Gasteiger charge is -2.19. The summed E-state index contributed by atoms with van der Waals surface area (Å²) in [6.07, 6.45) is 22.6. The topological polar surface area (TPSA) is 118 Å². The highest BCUT2D eigenvalue weighted by atomic mass is 31.2. The van der Waals surface area contributed by atoms with Gasteiger partial charge >= 0.3 is 7.82 Å². The first-order chi connectivity index (χ1) is 20.4. The second-order valence-electron chi connectivity index (χ2n) is 10.8. The van der Waals surface area contributed by atoms with Gasteiger partial charge in [-0.25, -0.2) is 4.57 Å². The molecule has 0 fully saturated rings. The van der Waals surface area contributed by atoms with Gasteiger partial charge in [-0.1, -0.05) is 88.6 Å². The Balaban J connectivity index is 1.63. The van der Waals surface area contributed by atoms with Crippen LogP contribution in [0.15, 0.2) is 60.8 Å². The molecule has 0 aliphatic heterocycles. The Morgan fingerprint density at radius 3 is 2.17 bits per heavy atom. The van der Waals surface area contributed by atoms with Crippen LogP contribution < -0.4 is 10.1 Å². The van der Waals surface area contributed by atoms with E-state index in [4.69, 9.17) is 19.0 Å². The smallest absolute Gasteiger partial charge is 0.469 e. The van der Waals surface area contributed by atoms with E-state index in [0.717, 1.165) is 43.4 Å². The number of carbonyl (C=O) groups excluding carboxylic acids is 1. The molecular formula is C33H51N2O6P. The summed E-state index contributed by atoms with van der Waals surface area (Å²) in [7, 11) is -4.65. The minimum Gasteiger partial charge on any atom is -0.487 e. The fraction of sp³-hybridized carbons (Fsp3) is 0.576. The average molecular weight is 603 g/mol. The maximum absolute atomic E-state index is 12.6. The number of unbranched alkanes of at least 4 members (excludes halogenated alkanes) is 11. The van der Waals surface area contributed by atoms with Crippen LogP contribution in [0.1, 0.15) is 108 Å². The van der Waals surface area contributed by atoms with E-state index < -0.39 is 13.9 Å². The molecule has 0 saturated carbocycles. The van der Waals surface area contributed by atoms with Gasteiger partial charge in [0, 0.05) is 12.6 Å². The highest BCUT2D eigenvalue weighted by Crippen LogP contribution is 2.35. The van der Waals surface area contributed by atoms with Gasteiger partial charge in [0.15, 0.2) is 0 Å². The van der Waals surface area contributed by atoms with Crippen molar-refractivity contribution in [1.29, 1.82) is 0 Å². The van der Waals surface area contributed by atoms with Gasteiger partial charge in [-0.15, -0.1) is 0 Å². The summed E-state index contributed by atoms with van der Waals surface area (Å²) in [4.78, 5) is 35.1. The summed E-state index contributed by atoms with van der Waals surface area (Å²) >= 11 is 0. The van der Waals surface area contributed by atoms with Crippen LogP contribution in [-0.2, 0) is 26.9 Å². The minimum absolute atomic E-state index is 0.137. The van der Waals surface area contributed by atoms with E-state index in [1.54, 1.807) is 6.20 Å². The van der Waals surface area contributed by atoms with Crippen LogP contribution in [0.2, 0.25) is 0 Å². The van der Waals surface area contributed by atoms with Gasteiger partial charge in [0.05, 0.1) is 18.3 Å². The zero-order valence-corrected chi connectivity index (χ0v) is 26.2. The molecule has 0 saturated heterocycles. The summed E-state index contributed by atoms with van der Waals surface area (Å²) in [6, 6.07) is 12.5. The van der Waals surface area contributed by atoms with Crippen molar-refractivity contribution < 1.29 is 28.4 Å². The molecule has 1 aromatic carbocycles. The zero-order valence-electron chi connectivity index (χ0n) is 25.3. The molecule has 1 aromatic heterocycles. The van der Waals surface area contributed by atoms with E-state index in [2.05, 4.69) is 29.4 Å². The molecular weight excluding hydrogens is 551 g/mol. The number of benzene rings is 1. The molecule has 0 aliphatic carbocycles. The number of amides is 1. The Morgan fingerprint density at radius 1 is 0.905 bits per heavy atom.